The van der Waals surface area contributed by atoms with E-state index in [9.17, 15) is 0 Å². The van der Waals surface area contributed by atoms with Gasteiger partial charge < -0.3 is 0 Å². The molecule has 0 bridgehead atoms. The predicted octanol–water partition coefficient (Wildman–Crippen LogP) is -0.248. The van der Waals surface area contributed by atoms with Crippen LogP contribution in [0.2, 0.25) is 0 Å². The summed E-state index contributed by atoms with van der Waals surface area (Å²) in [7, 11) is 0. The molecule has 1 aliphatic rings. The molecule has 0 fully saturated rings. The average Bonchev–Trinajstić information content (AvgIpc) is 0.722. The normalized spacial score (nSPS) is 16.0. The molecule has 0 radical (unpaired) electrons. The Hall–Kier alpha value is 0.153. The summed E-state index contributed by atoms with van der Waals surface area (Å²) in [5.74, 6) is 0. The molecule has 1 aliphatic heterocycles. The number of rotatable bonds is 0. The van der Waals surface area contributed by atoms with E-state index in [0.717, 1.165) is 0 Å². The van der Waals surface area contributed by atoms with Crippen LogP contribution in [0, 0.1) is 0 Å². The predicted molar refractivity (Wildman–Crippen MR) is 22.4 cm³/mol. The molecule has 0 unspecified atom stereocenters. The van der Waals surface area contributed by atoms with Crippen LogP contribution in [0.4, 0.5) is 0 Å². The van der Waals surface area contributed by atoms with Gasteiger partial charge in [-0.15, -0.1) is 0 Å². The number of hydrogen-bond acceptors (Lipinski definition) is 0. The molecule has 0 aromatic heterocycles. The van der Waals surface area contributed by atoms with E-state index in [4.69, 9.17) is 0 Å². The van der Waals surface area contributed by atoms with Gasteiger partial charge in [0.25, 0.3) is 0 Å². The van der Waals surface area contributed by atoms with Crippen LogP contribution in [0.15, 0.2) is 11.0 Å². The molecule has 1 heteroatoms. The summed E-state index contributed by atoms with van der Waals surface area (Å²) in [4.78, 5) is 4.56. The zero-order valence-electron chi connectivity index (χ0n) is 2.31. The van der Waals surface area contributed by atoms with E-state index < -0.39 is 0 Å². The Morgan fingerprint density at radius 1 is 1.50 bits per heavy atom. The van der Waals surface area contributed by atoms with Gasteiger partial charge in [-0.05, 0) is 0 Å². The van der Waals surface area contributed by atoms with Crippen molar-refractivity contribution in [1.82, 2.24) is 0 Å². The average molecular weight is 113 g/mol. The van der Waals surface area contributed by atoms with Crippen molar-refractivity contribution in [2.45, 2.75) is 0 Å². The fourth-order valence-corrected chi connectivity index (χ4v) is 0.577. The summed E-state index contributed by atoms with van der Waals surface area (Å²) >= 11 is 0.188. The number of allylic oxidation sites excluding steroid dienone is 1. The minimum atomic E-state index is 0.188. The van der Waals surface area contributed by atoms with Crippen molar-refractivity contribution in [3.63, 3.8) is 0 Å². The molecule has 0 nitrogen and oxygen atoms in total. The Labute approximate surface area is 31.5 Å². The van der Waals surface area contributed by atoms with Gasteiger partial charge in [0.15, 0.2) is 0 Å². The third kappa shape index (κ3) is 0.166. The van der Waals surface area contributed by atoms with E-state index in [-0.39, 0.29) is 15.0 Å². The van der Waals surface area contributed by atoms with Gasteiger partial charge in [0.2, 0.25) is 0 Å². The van der Waals surface area contributed by atoms with Crippen LogP contribution < -0.4 is 0 Å². The summed E-state index contributed by atoms with van der Waals surface area (Å²) in [6, 6.07) is 0. The molecule has 0 aromatic carbocycles. The van der Waals surface area contributed by atoms with Gasteiger partial charge in [0, 0.05) is 0 Å². The molecule has 0 N–H and O–H groups in total. The summed E-state index contributed by atoms with van der Waals surface area (Å²) in [6.07, 6.45) is 2.12. The van der Waals surface area contributed by atoms with Crippen molar-refractivity contribution in [3.8, 4) is 0 Å². The molecule has 4 heavy (non-hydrogen) atoms. The van der Waals surface area contributed by atoms with Crippen LogP contribution in [0.5, 0.6) is 0 Å². The van der Waals surface area contributed by atoms with Gasteiger partial charge in [-0.1, -0.05) is 0 Å². The van der Waals surface area contributed by atoms with Gasteiger partial charge in [-0.2, -0.15) is 0 Å². The molecule has 1 heterocycles. The molecule has 1 rings (SSSR count). The molecule has 0 spiro atoms. The quantitative estimate of drug-likeness (QED) is 0.380. The first-order valence-corrected chi connectivity index (χ1v) is 4.13. The maximum absolute atomic E-state index is 2.28. The van der Waals surface area contributed by atoms with Crippen LogP contribution in [0.3, 0.4) is 0 Å². The van der Waals surface area contributed by atoms with E-state index in [0.29, 0.717) is 0 Å². The van der Waals surface area contributed by atoms with Crippen molar-refractivity contribution in [2.24, 2.45) is 0 Å². The minimum absolute atomic E-state index is 0.188. The van der Waals surface area contributed by atoms with E-state index in [1.807, 2.05) is 0 Å². The van der Waals surface area contributed by atoms with Crippen molar-refractivity contribution < 1.29 is 0 Å². The third-order valence-corrected chi connectivity index (χ3v) is 2.31. The first-order valence-electron chi connectivity index (χ1n) is 1.33. The third-order valence-electron chi connectivity index (χ3n) is 0.444. The van der Waals surface area contributed by atoms with Crippen LogP contribution in [-0.4, -0.2) is 19.8 Å². The van der Waals surface area contributed by atoms with E-state index in [1.54, 1.807) is 0 Å². The van der Waals surface area contributed by atoms with E-state index in [1.165, 1.54) is 0 Å². The van der Waals surface area contributed by atoms with E-state index >= 15 is 0 Å². The van der Waals surface area contributed by atoms with Gasteiger partial charge >= 0.3 is 30.8 Å². The molecule has 0 atom stereocenters. The number of hydrogen-bond donors (Lipinski definition) is 0. The molecule has 0 saturated carbocycles. The van der Waals surface area contributed by atoms with Crippen LogP contribution in [-0.2, 0) is 0 Å². The second-order valence-corrected chi connectivity index (χ2v) is 3.19. The summed E-state index contributed by atoms with van der Waals surface area (Å²) in [6.45, 7) is 0. The van der Waals surface area contributed by atoms with Crippen LogP contribution >= 0.6 is 0 Å². The van der Waals surface area contributed by atoms with Gasteiger partial charge in [-0.3, -0.25) is 0 Å². The summed E-state index contributed by atoms with van der Waals surface area (Å²) < 4.78 is 0. The molecule has 0 saturated heterocycles. The Balaban J connectivity index is 2.67. The standard InChI is InChI=1S/C3H4Ge/c1-2-4-3-1/h1-4H. The molecule has 0 amide bonds. The van der Waals surface area contributed by atoms with Crippen molar-refractivity contribution in [2.75, 3.05) is 0 Å². The Kier molecular flexibility index (Phi) is 0.507. The fraction of sp³-hybridized carbons (Fsp3) is 0. The maximum atomic E-state index is 2.28. The summed E-state index contributed by atoms with van der Waals surface area (Å²) in [5.41, 5.74) is 0. The Morgan fingerprint density at radius 3 is 1.75 bits per heavy atom. The van der Waals surface area contributed by atoms with Gasteiger partial charge in [0.1, 0.15) is 0 Å². The second kappa shape index (κ2) is 0.847. The van der Waals surface area contributed by atoms with Crippen molar-refractivity contribution in [3.05, 3.63) is 11.0 Å². The first kappa shape index (κ1) is 2.39. The SMILES string of the molecule is C1=[CH][GeH]=[CH]1. The van der Waals surface area contributed by atoms with Gasteiger partial charge in [0.05, 0.1) is 0 Å². The topological polar surface area (TPSA) is 0 Å². The van der Waals surface area contributed by atoms with Crippen LogP contribution in [0.1, 0.15) is 0 Å². The van der Waals surface area contributed by atoms with Gasteiger partial charge in [-0.25, -0.2) is 0 Å². The van der Waals surface area contributed by atoms with Crippen molar-refractivity contribution in [1.29, 1.82) is 0 Å². The molecular formula is C3H4Ge. The fourth-order valence-electron chi connectivity index (χ4n) is 0.111. The molecular weight excluding hydrogens is 109 g/mol. The summed E-state index contributed by atoms with van der Waals surface area (Å²) in [5, 5.41) is 0. The monoisotopic (exact) mass is 114 g/mol. The van der Waals surface area contributed by atoms with E-state index in [2.05, 4.69) is 15.8 Å². The molecule has 20 valence electrons. The first-order chi connectivity index (χ1) is 2.00. The Morgan fingerprint density at radius 2 is 1.75 bits per heavy atom. The second-order valence-electron chi connectivity index (χ2n) is 0.770. The zero-order valence-corrected chi connectivity index (χ0v) is 4.73. The van der Waals surface area contributed by atoms with Crippen molar-refractivity contribution >= 4 is 19.8 Å². The zero-order chi connectivity index (χ0) is 2.83. The van der Waals surface area contributed by atoms with Crippen LogP contribution in [0.25, 0.3) is 0 Å². The Bertz CT molecular complexity index is 43.7. The molecule has 0 aromatic rings. The molecule has 0 aliphatic carbocycles.